The normalized spacial score (nSPS) is 19.2. The van der Waals surface area contributed by atoms with Crippen molar-refractivity contribution in [3.8, 4) is 0 Å². The third-order valence-corrected chi connectivity index (χ3v) is 4.42. The molecule has 136 valence electrons. The standard InChI is InChI=1S/C15H21N5O5/c1-17-7-14(24)19(15(17)25)8-13(23)18-3-2-4-20-10(6-18)5-11(16-20)12(22)9-21/h5,12,21-22H,2-4,6-9H2,1H3/t12-/m0/s1. The molecule has 0 aromatic carbocycles. The first-order chi connectivity index (χ1) is 11.9. The number of imide groups is 1. The summed E-state index contributed by atoms with van der Waals surface area (Å²) in [5.74, 6) is -0.690. The average Bonchev–Trinajstić information content (AvgIpc) is 3.01. The van der Waals surface area contributed by atoms with Crippen LogP contribution in [0.3, 0.4) is 0 Å². The summed E-state index contributed by atoms with van der Waals surface area (Å²) in [6.07, 6.45) is -0.393. The lowest BCUT2D eigenvalue weighted by Gasteiger charge is -2.22. The van der Waals surface area contributed by atoms with Gasteiger partial charge in [0.05, 0.1) is 24.5 Å². The van der Waals surface area contributed by atoms with Crippen LogP contribution in [0.4, 0.5) is 4.79 Å². The predicted molar refractivity (Wildman–Crippen MR) is 84.0 cm³/mol. The molecule has 10 nitrogen and oxygen atoms in total. The topological polar surface area (TPSA) is 119 Å². The van der Waals surface area contributed by atoms with E-state index < -0.39 is 18.7 Å². The van der Waals surface area contributed by atoms with Crippen LogP contribution in [0.5, 0.6) is 0 Å². The van der Waals surface area contributed by atoms with Gasteiger partial charge in [-0.15, -0.1) is 0 Å². The highest BCUT2D eigenvalue weighted by Crippen LogP contribution is 2.18. The number of likely N-dealkylation sites (N-methyl/N-ethyl adjacent to an activating group) is 1. The van der Waals surface area contributed by atoms with Gasteiger partial charge < -0.3 is 20.0 Å². The van der Waals surface area contributed by atoms with Crippen LogP contribution >= 0.6 is 0 Å². The van der Waals surface area contributed by atoms with Crippen LogP contribution in [0.2, 0.25) is 0 Å². The van der Waals surface area contributed by atoms with Gasteiger partial charge in [-0.3, -0.25) is 19.2 Å². The van der Waals surface area contributed by atoms with E-state index in [4.69, 9.17) is 5.11 Å². The number of urea groups is 1. The SMILES string of the molecule is CN1CC(=O)N(CC(=O)N2CCCn3nc([C@@H](O)CO)cc3C2)C1=O. The lowest BCUT2D eigenvalue weighted by molar-refractivity contribution is -0.136. The van der Waals surface area contributed by atoms with E-state index in [1.807, 2.05) is 0 Å². The summed E-state index contributed by atoms with van der Waals surface area (Å²) in [7, 11) is 1.52. The smallest absolute Gasteiger partial charge is 0.327 e. The maximum atomic E-state index is 12.6. The minimum absolute atomic E-state index is 0.0126. The molecule has 2 N–H and O–H groups in total. The first-order valence-electron chi connectivity index (χ1n) is 8.09. The predicted octanol–water partition coefficient (Wildman–Crippen LogP) is -1.46. The van der Waals surface area contributed by atoms with E-state index in [9.17, 15) is 19.5 Å². The van der Waals surface area contributed by atoms with Crippen LogP contribution in [-0.2, 0) is 22.7 Å². The molecule has 3 rings (SSSR count). The van der Waals surface area contributed by atoms with E-state index in [1.54, 1.807) is 15.6 Å². The number of aliphatic hydroxyl groups excluding tert-OH is 2. The highest BCUT2D eigenvalue weighted by molar-refractivity contribution is 6.04. The Balaban J connectivity index is 1.71. The van der Waals surface area contributed by atoms with Crippen molar-refractivity contribution >= 4 is 17.8 Å². The quantitative estimate of drug-likeness (QED) is 0.640. The summed E-state index contributed by atoms with van der Waals surface area (Å²) in [4.78, 5) is 40.1. The van der Waals surface area contributed by atoms with Crippen molar-refractivity contribution in [2.75, 3.05) is 33.3 Å². The van der Waals surface area contributed by atoms with Gasteiger partial charge in [-0.2, -0.15) is 5.10 Å². The third-order valence-electron chi connectivity index (χ3n) is 4.42. The van der Waals surface area contributed by atoms with Crippen LogP contribution in [0.1, 0.15) is 23.9 Å². The van der Waals surface area contributed by atoms with Gasteiger partial charge in [0, 0.05) is 20.1 Å². The summed E-state index contributed by atoms with van der Waals surface area (Å²) in [6, 6.07) is 1.19. The van der Waals surface area contributed by atoms with E-state index in [-0.39, 0.29) is 31.4 Å². The molecule has 10 heteroatoms. The fourth-order valence-corrected chi connectivity index (χ4v) is 3.01. The number of rotatable bonds is 4. The Hall–Kier alpha value is -2.46. The first-order valence-corrected chi connectivity index (χ1v) is 8.09. The van der Waals surface area contributed by atoms with Crippen molar-refractivity contribution in [2.45, 2.75) is 25.6 Å². The number of carbonyl (C=O) groups excluding carboxylic acids is 3. The number of aromatic nitrogens is 2. The average molecular weight is 351 g/mol. The van der Waals surface area contributed by atoms with Crippen LogP contribution in [0.25, 0.3) is 0 Å². The minimum atomic E-state index is -1.06. The zero-order chi connectivity index (χ0) is 18.1. The number of aliphatic hydroxyl groups is 2. The van der Waals surface area contributed by atoms with Gasteiger partial charge in [-0.05, 0) is 12.5 Å². The van der Waals surface area contributed by atoms with Crippen molar-refractivity contribution in [3.63, 3.8) is 0 Å². The van der Waals surface area contributed by atoms with E-state index in [1.165, 1.54) is 11.9 Å². The number of hydrogen-bond acceptors (Lipinski definition) is 6. The zero-order valence-electron chi connectivity index (χ0n) is 14.0. The molecular weight excluding hydrogens is 330 g/mol. The number of fused-ring (bicyclic) bond motifs is 1. The van der Waals surface area contributed by atoms with Crippen LogP contribution in [-0.4, -0.2) is 85.8 Å². The van der Waals surface area contributed by atoms with Crippen molar-refractivity contribution < 1.29 is 24.6 Å². The van der Waals surface area contributed by atoms with Gasteiger partial charge in [0.1, 0.15) is 19.2 Å². The molecule has 1 atom stereocenters. The number of hydrogen-bond donors (Lipinski definition) is 2. The summed E-state index contributed by atoms with van der Waals surface area (Å²) in [6.45, 7) is 0.638. The first kappa shape index (κ1) is 17.4. The van der Waals surface area contributed by atoms with Crippen LogP contribution in [0.15, 0.2) is 6.07 Å². The van der Waals surface area contributed by atoms with Gasteiger partial charge in [0.2, 0.25) is 5.91 Å². The Kier molecular flexibility index (Phi) is 4.73. The lowest BCUT2D eigenvalue weighted by atomic mass is 10.2. The van der Waals surface area contributed by atoms with Crippen molar-refractivity contribution in [2.24, 2.45) is 0 Å². The van der Waals surface area contributed by atoms with E-state index in [0.29, 0.717) is 25.2 Å². The molecule has 25 heavy (non-hydrogen) atoms. The van der Waals surface area contributed by atoms with E-state index in [2.05, 4.69) is 5.10 Å². The molecule has 0 saturated carbocycles. The van der Waals surface area contributed by atoms with E-state index >= 15 is 0 Å². The monoisotopic (exact) mass is 351 g/mol. The molecule has 2 aliphatic heterocycles. The Bertz CT molecular complexity index is 702. The summed E-state index contributed by atoms with van der Waals surface area (Å²) >= 11 is 0. The summed E-state index contributed by atoms with van der Waals surface area (Å²) < 4.78 is 1.71. The third kappa shape index (κ3) is 3.35. The summed E-state index contributed by atoms with van der Waals surface area (Å²) in [5.41, 5.74) is 1.10. The van der Waals surface area contributed by atoms with Gasteiger partial charge in [0.25, 0.3) is 5.91 Å². The molecule has 1 saturated heterocycles. The van der Waals surface area contributed by atoms with Gasteiger partial charge >= 0.3 is 6.03 Å². The Labute approximate surface area is 144 Å². The zero-order valence-corrected chi connectivity index (χ0v) is 14.0. The molecule has 3 heterocycles. The highest BCUT2D eigenvalue weighted by Gasteiger charge is 2.36. The highest BCUT2D eigenvalue weighted by atomic mass is 16.3. The fraction of sp³-hybridized carbons (Fsp3) is 0.600. The molecule has 4 amide bonds. The molecule has 1 fully saturated rings. The Morgan fingerprint density at radius 3 is 2.72 bits per heavy atom. The Morgan fingerprint density at radius 1 is 1.32 bits per heavy atom. The Morgan fingerprint density at radius 2 is 2.08 bits per heavy atom. The van der Waals surface area contributed by atoms with Gasteiger partial charge in [0.15, 0.2) is 0 Å². The molecule has 0 aliphatic carbocycles. The second-order valence-corrected chi connectivity index (χ2v) is 6.27. The largest absolute Gasteiger partial charge is 0.393 e. The van der Waals surface area contributed by atoms with Crippen LogP contribution in [0, 0.1) is 0 Å². The molecule has 0 unspecified atom stereocenters. The maximum absolute atomic E-state index is 12.6. The molecule has 0 radical (unpaired) electrons. The van der Waals surface area contributed by atoms with Crippen molar-refractivity contribution in [3.05, 3.63) is 17.5 Å². The van der Waals surface area contributed by atoms with Crippen molar-refractivity contribution in [1.29, 1.82) is 0 Å². The lowest BCUT2D eigenvalue weighted by Crippen LogP contribution is -2.43. The molecule has 0 spiro atoms. The molecule has 0 bridgehead atoms. The summed E-state index contributed by atoms with van der Waals surface area (Å²) in [5, 5.41) is 23.0. The molecule has 2 aliphatic rings. The molecule has 1 aromatic heterocycles. The van der Waals surface area contributed by atoms with Gasteiger partial charge in [-0.25, -0.2) is 4.79 Å². The number of carbonyl (C=O) groups is 3. The minimum Gasteiger partial charge on any atom is -0.393 e. The number of aryl methyl sites for hydroxylation is 1. The van der Waals surface area contributed by atoms with Crippen molar-refractivity contribution in [1.82, 2.24) is 24.5 Å². The molecular formula is C15H21N5O5. The van der Waals surface area contributed by atoms with Gasteiger partial charge in [-0.1, -0.05) is 0 Å². The number of nitrogens with zero attached hydrogens (tertiary/aromatic N) is 5. The van der Waals surface area contributed by atoms with E-state index in [0.717, 1.165) is 10.6 Å². The second kappa shape index (κ2) is 6.81. The number of amides is 4. The second-order valence-electron chi connectivity index (χ2n) is 6.27. The fourth-order valence-electron chi connectivity index (χ4n) is 3.01. The molecule has 1 aromatic rings. The van der Waals surface area contributed by atoms with Crippen LogP contribution < -0.4 is 0 Å². The maximum Gasteiger partial charge on any atom is 0.327 e.